The molecule has 0 bridgehead atoms. The number of hydrogen-bond donors (Lipinski definition) is 2. The van der Waals surface area contributed by atoms with Crippen molar-refractivity contribution in [3.63, 3.8) is 0 Å². The third-order valence-corrected chi connectivity index (χ3v) is 3.56. The molecule has 1 aromatic heterocycles. The fourth-order valence-corrected chi connectivity index (χ4v) is 2.07. The van der Waals surface area contributed by atoms with E-state index in [1.165, 1.54) is 0 Å². The van der Waals surface area contributed by atoms with Crippen LogP contribution in [0, 0.1) is 0 Å². The highest BCUT2D eigenvalue weighted by atomic mass is 35.5. The van der Waals surface area contributed by atoms with Gasteiger partial charge in [0.05, 0.1) is 16.1 Å². The van der Waals surface area contributed by atoms with Gasteiger partial charge in [0.2, 0.25) is 0 Å². The molecule has 0 amide bonds. The van der Waals surface area contributed by atoms with Gasteiger partial charge in [0.15, 0.2) is 5.82 Å². The van der Waals surface area contributed by atoms with E-state index in [4.69, 9.17) is 33.7 Å². The lowest BCUT2D eigenvalue weighted by Crippen LogP contribution is -2.09. The van der Waals surface area contributed by atoms with Crippen LogP contribution in [0.5, 0.6) is 5.75 Å². The normalized spacial score (nSPS) is 12.0. The second-order valence-corrected chi connectivity index (χ2v) is 5.49. The summed E-state index contributed by atoms with van der Waals surface area (Å²) in [5.74, 6) is 1.47. The molecule has 21 heavy (non-hydrogen) atoms. The number of pyridine rings is 1. The van der Waals surface area contributed by atoms with Crippen molar-refractivity contribution < 1.29 is 4.74 Å². The van der Waals surface area contributed by atoms with Gasteiger partial charge < -0.3 is 15.8 Å². The molecule has 0 aliphatic heterocycles. The Morgan fingerprint density at radius 1 is 1.29 bits per heavy atom. The average Bonchev–Trinajstić information content (AvgIpc) is 2.45. The molecule has 0 saturated heterocycles. The van der Waals surface area contributed by atoms with Crippen LogP contribution in [0.1, 0.15) is 20.3 Å². The van der Waals surface area contributed by atoms with Crippen molar-refractivity contribution >= 4 is 40.5 Å². The van der Waals surface area contributed by atoms with Gasteiger partial charge in [-0.2, -0.15) is 0 Å². The van der Waals surface area contributed by atoms with E-state index in [1.807, 2.05) is 31.2 Å². The number of hydrogen-bond acceptors (Lipinski definition) is 4. The van der Waals surface area contributed by atoms with Crippen molar-refractivity contribution in [2.45, 2.75) is 26.4 Å². The number of ether oxygens (including phenoxy) is 1. The zero-order valence-corrected chi connectivity index (χ0v) is 13.4. The van der Waals surface area contributed by atoms with Crippen molar-refractivity contribution in [1.29, 1.82) is 0 Å². The first kappa shape index (κ1) is 15.7. The van der Waals surface area contributed by atoms with E-state index in [1.54, 1.807) is 6.07 Å². The maximum absolute atomic E-state index is 6.10. The number of rotatable bonds is 5. The molecule has 3 N–H and O–H groups in total. The van der Waals surface area contributed by atoms with Crippen molar-refractivity contribution in [1.82, 2.24) is 4.98 Å². The van der Waals surface area contributed by atoms with Gasteiger partial charge in [-0.05, 0) is 31.5 Å². The van der Waals surface area contributed by atoms with E-state index >= 15 is 0 Å². The third-order valence-electron chi connectivity index (χ3n) is 2.97. The van der Waals surface area contributed by atoms with E-state index in [2.05, 4.69) is 17.2 Å². The number of nitrogens with two attached hydrogens (primary N) is 1. The van der Waals surface area contributed by atoms with Gasteiger partial charge in [0, 0.05) is 11.8 Å². The van der Waals surface area contributed by atoms with Crippen LogP contribution in [0.2, 0.25) is 10.0 Å². The minimum Gasteiger partial charge on any atom is -0.491 e. The number of benzene rings is 1. The Kier molecular flexibility index (Phi) is 5.15. The number of aromatic nitrogens is 1. The predicted octanol–water partition coefficient (Wildman–Crippen LogP) is 4.89. The Morgan fingerprint density at radius 2 is 2.05 bits per heavy atom. The smallest absolute Gasteiger partial charge is 0.151 e. The largest absolute Gasteiger partial charge is 0.491 e. The van der Waals surface area contributed by atoms with Gasteiger partial charge >= 0.3 is 0 Å². The molecular weight excluding hydrogens is 309 g/mol. The third kappa shape index (κ3) is 4.16. The van der Waals surface area contributed by atoms with Crippen LogP contribution in [-0.4, -0.2) is 11.1 Å². The lowest BCUT2D eigenvalue weighted by Gasteiger charge is -2.14. The molecule has 0 radical (unpaired) electrons. The summed E-state index contributed by atoms with van der Waals surface area (Å²) < 4.78 is 5.78. The zero-order valence-electron chi connectivity index (χ0n) is 11.9. The van der Waals surface area contributed by atoms with Crippen molar-refractivity contribution in [3.8, 4) is 5.75 Å². The van der Waals surface area contributed by atoms with Gasteiger partial charge in [-0.3, -0.25) is 0 Å². The molecule has 1 unspecified atom stereocenters. The van der Waals surface area contributed by atoms with Crippen molar-refractivity contribution in [3.05, 3.63) is 40.4 Å². The predicted molar refractivity (Wildman–Crippen MR) is 88.8 cm³/mol. The quantitative estimate of drug-likeness (QED) is 0.821. The fourth-order valence-electron chi connectivity index (χ4n) is 1.67. The molecule has 0 saturated carbocycles. The summed E-state index contributed by atoms with van der Waals surface area (Å²) in [5, 5.41) is 3.85. The summed E-state index contributed by atoms with van der Waals surface area (Å²) in [4.78, 5) is 4.14. The molecule has 0 fully saturated rings. The molecule has 0 spiro atoms. The van der Waals surface area contributed by atoms with Gasteiger partial charge in [0.1, 0.15) is 11.6 Å². The summed E-state index contributed by atoms with van der Waals surface area (Å²) in [6.45, 7) is 4.10. The highest BCUT2D eigenvalue weighted by molar-refractivity contribution is 6.37. The zero-order chi connectivity index (χ0) is 15.4. The van der Waals surface area contributed by atoms with Gasteiger partial charge in [-0.15, -0.1) is 0 Å². The number of nitrogens with one attached hydrogen (secondary N) is 1. The first-order valence-electron chi connectivity index (χ1n) is 6.65. The van der Waals surface area contributed by atoms with Crippen LogP contribution in [-0.2, 0) is 0 Å². The van der Waals surface area contributed by atoms with Gasteiger partial charge in [-0.25, -0.2) is 4.98 Å². The summed E-state index contributed by atoms with van der Waals surface area (Å²) in [6.07, 6.45) is 1.10. The molecule has 0 aliphatic carbocycles. The standard InChI is InChI=1S/C15H17Cl2N3O/c1-3-9(2)21-11-6-4-5-10(7-11)19-15-13(17)8-12(16)14(18)20-15/h4-9H,3H2,1-2H3,(H3,18,19,20). The topological polar surface area (TPSA) is 60.2 Å². The molecule has 2 rings (SSSR count). The second-order valence-electron chi connectivity index (χ2n) is 4.68. The second kappa shape index (κ2) is 6.87. The molecular formula is C15H17Cl2N3O. The van der Waals surface area contributed by atoms with Crippen LogP contribution in [0.15, 0.2) is 30.3 Å². The van der Waals surface area contributed by atoms with Crippen LogP contribution in [0.4, 0.5) is 17.3 Å². The minimum atomic E-state index is 0.160. The van der Waals surface area contributed by atoms with E-state index in [0.29, 0.717) is 15.9 Å². The van der Waals surface area contributed by atoms with Crippen LogP contribution < -0.4 is 15.8 Å². The molecule has 1 aromatic carbocycles. The van der Waals surface area contributed by atoms with Crippen LogP contribution in [0.25, 0.3) is 0 Å². The minimum absolute atomic E-state index is 0.160. The Hall–Kier alpha value is -1.65. The molecule has 1 atom stereocenters. The number of nitrogens with zero attached hydrogens (tertiary/aromatic N) is 1. The maximum Gasteiger partial charge on any atom is 0.151 e. The lowest BCUT2D eigenvalue weighted by molar-refractivity contribution is 0.217. The molecule has 1 heterocycles. The molecule has 4 nitrogen and oxygen atoms in total. The Labute approximate surface area is 134 Å². The van der Waals surface area contributed by atoms with Gasteiger partial charge in [-0.1, -0.05) is 36.2 Å². The van der Waals surface area contributed by atoms with E-state index in [0.717, 1.165) is 17.9 Å². The number of anilines is 3. The summed E-state index contributed by atoms with van der Waals surface area (Å²) in [5.41, 5.74) is 6.50. The van der Waals surface area contributed by atoms with Crippen molar-refractivity contribution in [2.75, 3.05) is 11.1 Å². The van der Waals surface area contributed by atoms with Crippen molar-refractivity contribution in [2.24, 2.45) is 0 Å². The highest BCUT2D eigenvalue weighted by Crippen LogP contribution is 2.30. The average molecular weight is 326 g/mol. The van der Waals surface area contributed by atoms with E-state index in [-0.39, 0.29) is 11.9 Å². The first-order chi connectivity index (χ1) is 9.99. The number of nitrogen functional groups attached to an aromatic ring is 1. The molecule has 112 valence electrons. The monoisotopic (exact) mass is 325 g/mol. The molecule has 2 aromatic rings. The lowest BCUT2D eigenvalue weighted by atomic mass is 10.2. The van der Waals surface area contributed by atoms with E-state index < -0.39 is 0 Å². The van der Waals surface area contributed by atoms with Crippen LogP contribution >= 0.6 is 23.2 Å². The van der Waals surface area contributed by atoms with E-state index in [9.17, 15) is 0 Å². The number of halogens is 2. The summed E-state index contributed by atoms with van der Waals surface area (Å²) in [7, 11) is 0. The fraction of sp³-hybridized carbons (Fsp3) is 0.267. The maximum atomic E-state index is 6.10. The summed E-state index contributed by atoms with van der Waals surface area (Å²) >= 11 is 12.0. The first-order valence-corrected chi connectivity index (χ1v) is 7.40. The Balaban J connectivity index is 2.20. The SMILES string of the molecule is CCC(C)Oc1cccc(Nc2nc(N)c(Cl)cc2Cl)c1. The molecule has 6 heteroatoms. The Bertz CT molecular complexity index is 634. The Morgan fingerprint density at radius 3 is 2.76 bits per heavy atom. The van der Waals surface area contributed by atoms with Gasteiger partial charge in [0.25, 0.3) is 0 Å². The summed E-state index contributed by atoms with van der Waals surface area (Å²) in [6, 6.07) is 9.14. The van der Waals surface area contributed by atoms with Crippen LogP contribution in [0.3, 0.4) is 0 Å². The highest BCUT2D eigenvalue weighted by Gasteiger charge is 2.08. The molecule has 0 aliphatic rings.